The number of hydrogen-bond acceptors (Lipinski definition) is 4. The van der Waals surface area contributed by atoms with Crippen LogP contribution >= 0.6 is 0 Å². The number of aromatic nitrogens is 3. The number of rotatable bonds is 11. The fraction of sp³-hybridized carbons (Fsp3) is 0.310. The molecule has 2 aromatic carbocycles. The normalized spacial score (nSPS) is 12.7. The maximum absolute atomic E-state index is 13.6. The fourth-order valence-electron chi connectivity index (χ4n) is 4.56. The molecule has 4 rings (SSSR count). The van der Waals surface area contributed by atoms with Crippen LogP contribution in [0.5, 0.6) is 0 Å². The van der Waals surface area contributed by atoms with Crippen molar-refractivity contribution in [2.75, 3.05) is 0 Å². The van der Waals surface area contributed by atoms with Crippen LogP contribution in [0.3, 0.4) is 0 Å². The van der Waals surface area contributed by atoms with Gasteiger partial charge in [0.2, 0.25) is 5.91 Å². The second-order valence-electron chi connectivity index (χ2n) is 10.0. The van der Waals surface area contributed by atoms with Crippen molar-refractivity contribution in [3.8, 4) is 0 Å². The van der Waals surface area contributed by atoms with E-state index >= 15 is 0 Å². The van der Waals surface area contributed by atoms with Gasteiger partial charge < -0.3 is 31.0 Å². The summed E-state index contributed by atoms with van der Waals surface area (Å²) in [5.41, 5.74) is 3.14. The second-order valence-corrected chi connectivity index (χ2v) is 10.0. The molecular formula is C29H34N6O4. The minimum absolute atomic E-state index is 0.0969. The summed E-state index contributed by atoms with van der Waals surface area (Å²) in [6.45, 7) is 5.91. The predicted molar refractivity (Wildman–Crippen MR) is 148 cm³/mol. The van der Waals surface area contributed by atoms with Gasteiger partial charge in [-0.3, -0.25) is 4.79 Å². The molecule has 39 heavy (non-hydrogen) atoms. The van der Waals surface area contributed by atoms with E-state index in [1.807, 2.05) is 74.6 Å². The third-order valence-electron chi connectivity index (χ3n) is 6.48. The molecule has 0 aliphatic carbocycles. The largest absolute Gasteiger partial charge is 0.476 e. The number of para-hydroxylation sites is 1. The first-order valence-electron chi connectivity index (χ1n) is 12.9. The maximum Gasteiger partial charge on any atom is 0.356 e. The number of imidazole rings is 1. The van der Waals surface area contributed by atoms with Crippen LogP contribution in [0.25, 0.3) is 10.9 Å². The second kappa shape index (κ2) is 12.3. The number of hydrogen-bond donors (Lipinski definition) is 6. The minimum atomic E-state index is -1.15. The highest BCUT2D eigenvalue weighted by Gasteiger charge is 2.28. The van der Waals surface area contributed by atoms with E-state index in [9.17, 15) is 19.5 Å². The van der Waals surface area contributed by atoms with Crippen LogP contribution in [0.1, 0.15) is 59.4 Å². The number of nitrogens with one attached hydrogen (secondary N) is 5. The Kier molecular flexibility index (Phi) is 8.65. The molecular weight excluding hydrogens is 496 g/mol. The minimum Gasteiger partial charge on any atom is -0.476 e. The summed E-state index contributed by atoms with van der Waals surface area (Å²) < 4.78 is 0. The first-order valence-corrected chi connectivity index (χ1v) is 12.9. The van der Waals surface area contributed by atoms with Crippen LogP contribution < -0.4 is 16.0 Å². The maximum atomic E-state index is 13.6. The molecule has 0 bridgehead atoms. The fourth-order valence-corrected chi connectivity index (χ4v) is 4.56. The van der Waals surface area contributed by atoms with Gasteiger partial charge in [-0.05, 0) is 36.5 Å². The van der Waals surface area contributed by atoms with Gasteiger partial charge in [0, 0.05) is 35.8 Å². The molecule has 0 saturated heterocycles. The Morgan fingerprint density at radius 2 is 1.72 bits per heavy atom. The zero-order valence-electron chi connectivity index (χ0n) is 22.2. The molecule has 2 aromatic heterocycles. The Hall–Kier alpha value is -4.60. The summed E-state index contributed by atoms with van der Waals surface area (Å²) in [6.07, 6.45) is 2.65. The number of fused-ring (bicyclic) bond motifs is 1. The number of carboxylic acids is 1. The molecule has 10 nitrogen and oxygen atoms in total. The van der Waals surface area contributed by atoms with Gasteiger partial charge in [0.1, 0.15) is 11.9 Å². The monoisotopic (exact) mass is 530 g/mol. The van der Waals surface area contributed by atoms with Crippen LogP contribution in [0.2, 0.25) is 0 Å². The van der Waals surface area contributed by atoms with E-state index in [-0.39, 0.29) is 17.5 Å². The number of nitrogens with zero attached hydrogens (tertiary/aromatic N) is 1. The molecule has 204 valence electrons. The van der Waals surface area contributed by atoms with Gasteiger partial charge in [-0.1, -0.05) is 62.4 Å². The van der Waals surface area contributed by atoms with Crippen LogP contribution in [0.4, 0.5) is 4.79 Å². The number of aromatic amines is 2. The molecule has 1 unspecified atom stereocenters. The number of urea groups is 1. The third kappa shape index (κ3) is 7.04. The van der Waals surface area contributed by atoms with Gasteiger partial charge in [-0.2, -0.15) is 0 Å². The average molecular weight is 531 g/mol. The molecule has 4 aromatic rings. The highest BCUT2D eigenvalue weighted by Crippen LogP contribution is 2.24. The Bertz CT molecular complexity index is 1440. The lowest BCUT2D eigenvalue weighted by molar-refractivity contribution is -0.124. The van der Waals surface area contributed by atoms with E-state index in [0.717, 1.165) is 22.0 Å². The highest BCUT2D eigenvalue weighted by atomic mass is 16.4. The summed E-state index contributed by atoms with van der Waals surface area (Å²) >= 11 is 0. The number of H-pyrrole nitrogens is 2. The van der Waals surface area contributed by atoms with E-state index in [1.54, 1.807) is 6.92 Å². The van der Waals surface area contributed by atoms with E-state index in [1.165, 1.54) is 0 Å². The van der Waals surface area contributed by atoms with Crippen molar-refractivity contribution in [1.29, 1.82) is 0 Å². The van der Waals surface area contributed by atoms with Gasteiger partial charge in [0.05, 0.1) is 6.04 Å². The molecule has 0 aliphatic rings. The zero-order valence-corrected chi connectivity index (χ0v) is 22.2. The summed E-state index contributed by atoms with van der Waals surface area (Å²) in [7, 11) is 0. The molecule has 10 heteroatoms. The molecule has 0 aliphatic heterocycles. The molecule has 0 radical (unpaired) electrons. The van der Waals surface area contributed by atoms with Crippen LogP contribution in [0, 0.1) is 12.8 Å². The quantitative estimate of drug-likeness (QED) is 0.172. The van der Waals surface area contributed by atoms with Crippen molar-refractivity contribution >= 4 is 28.8 Å². The van der Waals surface area contributed by atoms with Crippen molar-refractivity contribution in [3.05, 3.63) is 89.1 Å². The van der Waals surface area contributed by atoms with Crippen molar-refractivity contribution in [1.82, 2.24) is 30.9 Å². The van der Waals surface area contributed by atoms with Gasteiger partial charge in [0.15, 0.2) is 5.69 Å². The summed E-state index contributed by atoms with van der Waals surface area (Å²) in [6, 6.07) is 15.4. The Balaban J connectivity index is 1.55. The number of aromatic carboxylic acids is 1. The Morgan fingerprint density at radius 1 is 1.00 bits per heavy atom. The van der Waals surface area contributed by atoms with Crippen molar-refractivity contribution < 1.29 is 19.5 Å². The molecule has 0 fully saturated rings. The van der Waals surface area contributed by atoms with E-state index in [4.69, 9.17) is 0 Å². The third-order valence-corrected chi connectivity index (χ3v) is 6.48. The topological polar surface area (TPSA) is 152 Å². The molecule has 0 saturated carbocycles. The molecule has 2 atom stereocenters. The van der Waals surface area contributed by atoms with Crippen LogP contribution in [0.15, 0.2) is 60.8 Å². The van der Waals surface area contributed by atoms with Crippen LogP contribution in [-0.4, -0.2) is 44.0 Å². The molecule has 3 amide bonds. The standard InChI is InChI=1S/C29H34N6O4/c1-17(2)13-24(34-29(39)31-15-19-9-5-4-6-10-19)27(36)33-23(26-32-18(3)25(35-26)28(37)38)14-20-16-30-22-12-8-7-11-21(20)22/h4-12,16-17,23-24,30H,13-15H2,1-3H3,(H,32,35)(H,33,36)(H,37,38)(H2,31,34,39)/t23-,24?/m1/s1. The first-order chi connectivity index (χ1) is 18.7. The number of amides is 3. The number of carbonyl (C=O) groups is 3. The van der Waals surface area contributed by atoms with E-state index in [0.29, 0.717) is 30.9 Å². The predicted octanol–water partition coefficient (Wildman–Crippen LogP) is 4.21. The summed E-state index contributed by atoms with van der Waals surface area (Å²) in [5.74, 6) is -1.07. The summed E-state index contributed by atoms with van der Waals surface area (Å²) in [5, 5.41) is 19.2. The SMILES string of the molecule is Cc1[nH]c([C@@H](Cc2c[nH]c3ccccc23)NC(=O)C(CC(C)C)NC(=O)NCc2ccccc2)nc1C(=O)O. The van der Waals surface area contributed by atoms with Crippen molar-refractivity contribution in [2.24, 2.45) is 5.92 Å². The Labute approximate surface area is 226 Å². The first kappa shape index (κ1) is 27.4. The van der Waals surface area contributed by atoms with Crippen LogP contribution in [-0.2, 0) is 17.8 Å². The van der Waals surface area contributed by atoms with Crippen molar-refractivity contribution in [2.45, 2.75) is 52.2 Å². The molecule has 6 N–H and O–H groups in total. The lowest BCUT2D eigenvalue weighted by Gasteiger charge is -2.24. The van der Waals surface area contributed by atoms with Gasteiger partial charge >= 0.3 is 12.0 Å². The number of benzene rings is 2. The highest BCUT2D eigenvalue weighted by molar-refractivity contribution is 5.88. The lowest BCUT2D eigenvalue weighted by atomic mass is 10.0. The smallest absolute Gasteiger partial charge is 0.356 e. The van der Waals surface area contributed by atoms with Gasteiger partial charge in [0.25, 0.3) is 0 Å². The number of carboxylic acid groups (broad SMARTS) is 1. The zero-order chi connectivity index (χ0) is 27.9. The molecule has 0 spiro atoms. The Morgan fingerprint density at radius 3 is 2.41 bits per heavy atom. The summed E-state index contributed by atoms with van der Waals surface area (Å²) in [4.78, 5) is 48.5. The number of aryl methyl sites for hydroxylation is 1. The van der Waals surface area contributed by atoms with Crippen molar-refractivity contribution in [3.63, 3.8) is 0 Å². The van der Waals surface area contributed by atoms with Gasteiger partial charge in [-0.25, -0.2) is 14.6 Å². The lowest BCUT2D eigenvalue weighted by Crippen LogP contribution is -2.51. The average Bonchev–Trinajstić information content (AvgIpc) is 3.50. The molecule has 2 heterocycles. The van der Waals surface area contributed by atoms with E-state index < -0.39 is 24.1 Å². The van der Waals surface area contributed by atoms with E-state index in [2.05, 4.69) is 30.9 Å². The van der Waals surface area contributed by atoms with Gasteiger partial charge in [-0.15, -0.1) is 0 Å². The number of carbonyl (C=O) groups excluding carboxylic acids is 2.